The molecule has 1 amide bonds. The molecule has 2 aromatic carbocycles. The Kier molecular flexibility index (Phi) is 5.85. The molecule has 0 spiro atoms. The maximum Gasteiger partial charge on any atom is 0.265 e. The Morgan fingerprint density at radius 1 is 1.12 bits per heavy atom. The van der Waals surface area contributed by atoms with Gasteiger partial charge in [0.2, 0.25) is 0 Å². The third kappa shape index (κ3) is 4.59. The second-order valence-electron chi connectivity index (χ2n) is 5.49. The molecule has 0 bridgehead atoms. The molecule has 0 radical (unpaired) electrons. The number of anilines is 1. The maximum atomic E-state index is 11.9. The van der Waals surface area contributed by atoms with E-state index >= 15 is 0 Å². The van der Waals surface area contributed by atoms with Crippen LogP contribution in [0.4, 0.5) is 5.69 Å². The topological polar surface area (TPSA) is 69.2 Å². The van der Waals surface area contributed by atoms with Crippen LogP contribution in [0.2, 0.25) is 10.0 Å². The van der Waals surface area contributed by atoms with Gasteiger partial charge in [0.25, 0.3) is 5.91 Å². The number of amides is 1. The van der Waals surface area contributed by atoms with E-state index in [-0.39, 0.29) is 12.5 Å². The van der Waals surface area contributed by atoms with Crippen LogP contribution in [0.3, 0.4) is 0 Å². The van der Waals surface area contributed by atoms with Gasteiger partial charge in [0, 0.05) is 11.3 Å². The molecule has 136 valence electrons. The summed E-state index contributed by atoms with van der Waals surface area (Å²) in [7, 11) is 0. The maximum absolute atomic E-state index is 11.9. The van der Waals surface area contributed by atoms with Crippen molar-refractivity contribution in [2.45, 2.75) is 6.92 Å². The van der Waals surface area contributed by atoms with E-state index in [2.05, 4.69) is 10.5 Å². The number of rotatable bonds is 5. The highest BCUT2D eigenvalue weighted by Crippen LogP contribution is 2.31. The summed E-state index contributed by atoms with van der Waals surface area (Å²) in [6, 6.07) is 10.3. The quantitative estimate of drug-likeness (QED) is 0.610. The van der Waals surface area contributed by atoms with Crippen molar-refractivity contribution in [1.82, 2.24) is 0 Å². The molecular weight excluding hydrogens is 379 g/mol. The molecule has 0 unspecified atom stereocenters. The van der Waals surface area contributed by atoms with Gasteiger partial charge in [-0.2, -0.15) is 0 Å². The zero-order valence-electron chi connectivity index (χ0n) is 13.9. The minimum Gasteiger partial charge on any atom is -0.486 e. The number of carbonyl (C=O) groups is 1. The lowest BCUT2D eigenvalue weighted by atomic mass is 10.1. The SMILES string of the molecule is C/C(=N\OCC(=O)Nc1ccc(Cl)c(Cl)c1)c1ccc2c(c1)OCCO2. The van der Waals surface area contributed by atoms with Gasteiger partial charge in [0.05, 0.1) is 15.8 Å². The Morgan fingerprint density at radius 3 is 2.65 bits per heavy atom. The summed E-state index contributed by atoms with van der Waals surface area (Å²) >= 11 is 11.7. The smallest absolute Gasteiger partial charge is 0.265 e. The highest BCUT2D eigenvalue weighted by molar-refractivity contribution is 6.42. The van der Waals surface area contributed by atoms with Crippen LogP contribution in [-0.4, -0.2) is 31.4 Å². The molecular formula is C18H16Cl2N2O4. The third-order valence-corrected chi connectivity index (χ3v) is 4.30. The molecule has 0 aliphatic carbocycles. The minimum absolute atomic E-state index is 0.234. The summed E-state index contributed by atoms with van der Waals surface area (Å²) in [6.07, 6.45) is 0. The van der Waals surface area contributed by atoms with Gasteiger partial charge in [0.15, 0.2) is 18.1 Å². The summed E-state index contributed by atoms with van der Waals surface area (Å²) in [6.45, 7) is 2.60. The number of hydrogen-bond donors (Lipinski definition) is 1. The molecule has 0 atom stereocenters. The first-order valence-electron chi connectivity index (χ1n) is 7.84. The number of nitrogens with zero attached hydrogens (tertiary/aromatic N) is 1. The van der Waals surface area contributed by atoms with Crippen molar-refractivity contribution in [2.75, 3.05) is 25.1 Å². The lowest BCUT2D eigenvalue weighted by Crippen LogP contribution is -2.17. The fourth-order valence-corrected chi connectivity index (χ4v) is 2.58. The van der Waals surface area contributed by atoms with Gasteiger partial charge in [-0.3, -0.25) is 4.79 Å². The number of benzene rings is 2. The Morgan fingerprint density at radius 2 is 1.88 bits per heavy atom. The molecule has 6 nitrogen and oxygen atoms in total. The van der Waals surface area contributed by atoms with Crippen LogP contribution in [-0.2, 0) is 9.63 Å². The summed E-state index contributed by atoms with van der Waals surface area (Å²) < 4.78 is 11.0. The van der Waals surface area contributed by atoms with Crippen molar-refractivity contribution in [2.24, 2.45) is 5.16 Å². The number of oxime groups is 1. The van der Waals surface area contributed by atoms with E-state index in [1.165, 1.54) is 0 Å². The zero-order chi connectivity index (χ0) is 18.5. The van der Waals surface area contributed by atoms with Crippen LogP contribution in [0, 0.1) is 0 Å². The number of carbonyl (C=O) groups excluding carboxylic acids is 1. The van der Waals surface area contributed by atoms with E-state index in [1.807, 2.05) is 18.2 Å². The van der Waals surface area contributed by atoms with E-state index in [1.54, 1.807) is 25.1 Å². The summed E-state index contributed by atoms with van der Waals surface area (Å²) in [5, 5.41) is 7.40. The second kappa shape index (κ2) is 8.29. The highest BCUT2D eigenvalue weighted by atomic mass is 35.5. The first-order chi connectivity index (χ1) is 12.5. The first kappa shape index (κ1) is 18.4. The van der Waals surface area contributed by atoms with E-state index in [0.717, 1.165) is 5.56 Å². The number of halogens is 2. The number of nitrogens with one attached hydrogen (secondary N) is 1. The van der Waals surface area contributed by atoms with Crippen molar-refractivity contribution in [1.29, 1.82) is 0 Å². The number of ether oxygens (including phenoxy) is 2. The molecule has 0 saturated carbocycles. The van der Waals surface area contributed by atoms with Gasteiger partial charge in [-0.05, 0) is 43.3 Å². The van der Waals surface area contributed by atoms with Crippen molar-refractivity contribution in [3.05, 3.63) is 52.0 Å². The zero-order valence-corrected chi connectivity index (χ0v) is 15.4. The Hall–Kier alpha value is -2.44. The molecule has 8 heteroatoms. The molecule has 1 aliphatic heterocycles. The molecule has 26 heavy (non-hydrogen) atoms. The fourth-order valence-electron chi connectivity index (χ4n) is 2.28. The molecule has 1 heterocycles. The summed E-state index contributed by atoms with van der Waals surface area (Å²) in [5.74, 6) is 1.01. The summed E-state index contributed by atoms with van der Waals surface area (Å²) in [5.41, 5.74) is 1.96. The molecule has 2 aromatic rings. The van der Waals surface area contributed by atoms with Crippen LogP contribution in [0.15, 0.2) is 41.6 Å². The summed E-state index contributed by atoms with van der Waals surface area (Å²) in [4.78, 5) is 17.0. The number of hydrogen-bond acceptors (Lipinski definition) is 5. The molecule has 0 saturated heterocycles. The van der Waals surface area contributed by atoms with Gasteiger partial charge in [-0.25, -0.2) is 0 Å². The predicted molar refractivity (Wildman–Crippen MR) is 101 cm³/mol. The van der Waals surface area contributed by atoms with Crippen LogP contribution in [0.1, 0.15) is 12.5 Å². The second-order valence-corrected chi connectivity index (χ2v) is 6.30. The van der Waals surface area contributed by atoms with Crippen LogP contribution < -0.4 is 14.8 Å². The number of fused-ring (bicyclic) bond motifs is 1. The third-order valence-electron chi connectivity index (χ3n) is 3.56. The van der Waals surface area contributed by atoms with Crippen LogP contribution >= 0.6 is 23.2 Å². The lowest BCUT2D eigenvalue weighted by Gasteiger charge is -2.18. The Bertz CT molecular complexity index is 855. The predicted octanol–water partition coefficient (Wildman–Crippen LogP) is 4.14. The first-order valence-corrected chi connectivity index (χ1v) is 8.60. The van der Waals surface area contributed by atoms with Crippen LogP contribution in [0.5, 0.6) is 11.5 Å². The Labute approximate surface area is 160 Å². The van der Waals surface area contributed by atoms with Crippen molar-refractivity contribution in [3.8, 4) is 11.5 Å². The average molecular weight is 395 g/mol. The highest BCUT2D eigenvalue weighted by Gasteiger charge is 2.13. The van der Waals surface area contributed by atoms with Gasteiger partial charge in [0.1, 0.15) is 13.2 Å². The van der Waals surface area contributed by atoms with Crippen molar-refractivity contribution in [3.63, 3.8) is 0 Å². The van der Waals surface area contributed by atoms with E-state index < -0.39 is 0 Å². The van der Waals surface area contributed by atoms with E-state index in [4.69, 9.17) is 37.5 Å². The van der Waals surface area contributed by atoms with Crippen LogP contribution in [0.25, 0.3) is 0 Å². The molecule has 1 N–H and O–H groups in total. The minimum atomic E-state index is -0.359. The monoisotopic (exact) mass is 394 g/mol. The van der Waals surface area contributed by atoms with Crippen molar-refractivity contribution >= 4 is 40.5 Å². The molecule has 0 aromatic heterocycles. The van der Waals surface area contributed by atoms with Gasteiger partial charge in [-0.1, -0.05) is 28.4 Å². The standard InChI is InChI=1S/C18H16Cl2N2O4/c1-11(12-2-5-16-17(8-12)25-7-6-24-16)22-26-10-18(23)21-13-3-4-14(19)15(20)9-13/h2-5,8-9H,6-7,10H2,1H3,(H,21,23)/b22-11+. The van der Waals surface area contributed by atoms with Gasteiger partial charge >= 0.3 is 0 Å². The van der Waals surface area contributed by atoms with Gasteiger partial charge in [-0.15, -0.1) is 0 Å². The van der Waals surface area contributed by atoms with Crippen molar-refractivity contribution < 1.29 is 19.1 Å². The largest absolute Gasteiger partial charge is 0.486 e. The molecule has 1 aliphatic rings. The normalized spacial score (nSPS) is 13.3. The lowest BCUT2D eigenvalue weighted by molar-refractivity contribution is -0.120. The fraction of sp³-hybridized carbons (Fsp3) is 0.222. The molecule has 0 fully saturated rings. The van der Waals surface area contributed by atoms with E-state index in [0.29, 0.717) is 46.2 Å². The Balaban J connectivity index is 1.55. The average Bonchev–Trinajstić information content (AvgIpc) is 2.64. The van der Waals surface area contributed by atoms with Gasteiger partial charge < -0.3 is 19.6 Å². The molecule has 3 rings (SSSR count). The van der Waals surface area contributed by atoms with E-state index in [9.17, 15) is 4.79 Å².